The van der Waals surface area contributed by atoms with Gasteiger partial charge in [-0.15, -0.1) is 0 Å². The molecule has 2 aromatic rings. The van der Waals surface area contributed by atoms with Crippen molar-refractivity contribution >= 4 is 17.1 Å². The molecule has 3 heterocycles. The third kappa shape index (κ3) is 1.91. The Hall–Kier alpha value is -2.34. The first kappa shape index (κ1) is 15.6. The Labute approximate surface area is 128 Å². The second-order valence-electron chi connectivity index (χ2n) is 5.26. The number of aromatic nitrogens is 4. The molecule has 2 aromatic heterocycles. The van der Waals surface area contributed by atoms with Crippen molar-refractivity contribution in [1.29, 1.82) is 0 Å². The number of nitrogens with one attached hydrogen (secondary N) is 1. The first-order valence-electron chi connectivity index (χ1n) is 6.65. The number of aryl methyl sites for hydroxylation is 1. The van der Waals surface area contributed by atoms with Crippen molar-refractivity contribution in [2.45, 2.75) is 24.0 Å². The van der Waals surface area contributed by atoms with E-state index in [-0.39, 0.29) is 11.2 Å². The maximum atomic E-state index is 11.9. The minimum Gasteiger partial charge on any atom is -0.544 e. The quantitative estimate of drug-likeness (QED) is 0.407. The average Bonchev–Trinajstić information content (AvgIpc) is 2.98. The highest BCUT2D eigenvalue weighted by Crippen LogP contribution is 2.32. The number of hydrogen-bond acceptors (Lipinski definition) is 8. The number of aliphatic hydroxyl groups is 3. The standard InChI is InChI=1S/C12H14N4O7/c1-15-4-16(9-6(15)10(20)14-3-13-9)12(11(21)22)8(19)7(18)5(2-17)23-12/h3-5,7-8,17-19H,2H2,1H3,(H-,13,14,20,21,22)/t5-,7-,8-,12+/m1/s1. The first-order chi connectivity index (χ1) is 10.8. The number of nitrogens with zero attached hydrogens (tertiary/aromatic N) is 3. The van der Waals surface area contributed by atoms with Crippen LogP contribution >= 0.6 is 0 Å². The minimum atomic E-state index is -2.53. The lowest BCUT2D eigenvalue weighted by Gasteiger charge is -2.30. The van der Waals surface area contributed by atoms with Gasteiger partial charge in [-0.05, 0) is 0 Å². The van der Waals surface area contributed by atoms with Crippen LogP contribution in [0.5, 0.6) is 0 Å². The zero-order chi connectivity index (χ0) is 16.9. The van der Waals surface area contributed by atoms with Gasteiger partial charge < -0.3 is 30.0 Å². The molecule has 0 unspecified atom stereocenters. The SMILES string of the molecule is Cn1c[n+]([C@]2(C(=O)[O-])O[C@H](CO)[C@@H](O)[C@H]2O)c2nc[nH]c(=O)c21. The number of hydrogen-bond donors (Lipinski definition) is 4. The van der Waals surface area contributed by atoms with E-state index in [9.17, 15) is 30.0 Å². The molecule has 11 heteroatoms. The van der Waals surface area contributed by atoms with Crippen molar-refractivity contribution in [3.8, 4) is 0 Å². The van der Waals surface area contributed by atoms with Gasteiger partial charge in [0.15, 0.2) is 18.8 Å². The Morgan fingerprint density at radius 1 is 1.61 bits per heavy atom. The third-order valence-corrected chi connectivity index (χ3v) is 3.95. The van der Waals surface area contributed by atoms with Crippen molar-refractivity contribution < 1.29 is 34.5 Å². The van der Waals surface area contributed by atoms with Crippen LogP contribution in [0.1, 0.15) is 0 Å². The van der Waals surface area contributed by atoms with Crippen molar-refractivity contribution in [3.05, 3.63) is 23.0 Å². The van der Waals surface area contributed by atoms with E-state index in [0.717, 1.165) is 10.9 Å². The molecule has 0 spiro atoms. The fraction of sp³-hybridized carbons (Fsp3) is 0.500. The van der Waals surface area contributed by atoms with Gasteiger partial charge in [0.1, 0.15) is 18.2 Å². The maximum Gasteiger partial charge on any atom is 0.311 e. The molecule has 1 aliphatic rings. The molecule has 1 fully saturated rings. The number of imidazole rings is 1. The molecule has 0 radical (unpaired) electrons. The van der Waals surface area contributed by atoms with Gasteiger partial charge in [0.2, 0.25) is 5.52 Å². The smallest absolute Gasteiger partial charge is 0.311 e. The minimum absolute atomic E-state index is 0.0332. The van der Waals surface area contributed by atoms with Gasteiger partial charge in [0.25, 0.3) is 11.3 Å². The summed E-state index contributed by atoms with van der Waals surface area (Å²) in [6.45, 7) is -0.716. The van der Waals surface area contributed by atoms with Crippen LogP contribution in [-0.4, -0.2) is 60.7 Å². The Bertz CT molecular complexity index is 830. The zero-order valence-corrected chi connectivity index (χ0v) is 11.9. The number of ether oxygens (including phenoxy) is 1. The highest BCUT2D eigenvalue weighted by atomic mass is 16.6. The summed E-state index contributed by atoms with van der Waals surface area (Å²) in [6.07, 6.45) is -2.71. The third-order valence-electron chi connectivity index (χ3n) is 3.95. The van der Waals surface area contributed by atoms with Gasteiger partial charge in [-0.1, -0.05) is 4.98 Å². The van der Waals surface area contributed by atoms with Crippen LogP contribution in [-0.2, 0) is 22.3 Å². The Kier molecular flexibility index (Phi) is 3.44. The molecule has 0 saturated carbocycles. The van der Waals surface area contributed by atoms with E-state index in [4.69, 9.17) is 4.74 Å². The molecule has 4 atom stereocenters. The molecular formula is C12H14N4O7. The molecular weight excluding hydrogens is 312 g/mol. The number of aliphatic carboxylic acids is 1. The molecule has 0 aromatic carbocycles. The number of fused-ring (bicyclic) bond motifs is 1. The number of carboxylic acids is 1. The second-order valence-corrected chi connectivity index (χ2v) is 5.26. The van der Waals surface area contributed by atoms with E-state index < -0.39 is 42.2 Å². The number of rotatable bonds is 3. The maximum absolute atomic E-state index is 11.9. The monoisotopic (exact) mass is 326 g/mol. The fourth-order valence-corrected chi connectivity index (χ4v) is 2.82. The lowest BCUT2D eigenvalue weighted by Crippen LogP contribution is -2.71. The molecule has 124 valence electrons. The van der Waals surface area contributed by atoms with Crippen molar-refractivity contribution in [2.24, 2.45) is 7.05 Å². The largest absolute Gasteiger partial charge is 0.544 e. The number of aromatic amines is 1. The predicted molar refractivity (Wildman–Crippen MR) is 68.5 cm³/mol. The van der Waals surface area contributed by atoms with Crippen LogP contribution < -0.4 is 15.2 Å². The molecule has 0 amide bonds. The molecule has 1 aliphatic heterocycles. The van der Waals surface area contributed by atoms with E-state index in [0.29, 0.717) is 0 Å². The summed E-state index contributed by atoms with van der Waals surface area (Å²) >= 11 is 0. The van der Waals surface area contributed by atoms with Crippen LogP contribution in [0.3, 0.4) is 0 Å². The fourth-order valence-electron chi connectivity index (χ4n) is 2.82. The van der Waals surface area contributed by atoms with E-state index in [2.05, 4.69) is 9.97 Å². The van der Waals surface area contributed by atoms with Gasteiger partial charge in [0, 0.05) is 0 Å². The first-order valence-corrected chi connectivity index (χ1v) is 6.65. The molecule has 3 rings (SSSR count). The van der Waals surface area contributed by atoms with E-state index >= 15 is 0 Å². The van der Waals surface area contributed by atoms with E-state index in [1.165, 1.54) is 17.9 Å². The number of carbonyl (C=O) groups is 1. The van der Waals surface area contributed by atoms with Crippen LogP contribution in [0.2, 0.25) is 0 Å². The summed E-state index contributed by atoms with van der Waals surface area (Å²) in [5.41, 5.74) is -3.12. The lowest BCUT2D eigenvalue weighted by atomic mass is 10.0. The molecule has 0 bridgehead atoms. The summed E-state index contributed by atoms with van der Waals surface area (Å²) in [5.74, 6) is -1.85. The summed E-state index contributed by atoms with van der Waals surface area (Å²) < 4.78 is 7.41. The summed E-state index contributed by atoms with van der Waals surface area (Å²) in [5, 5.41) is 41.1. The van der Waals surface area contributed by atoms with Crippen molar-refractivity contribution in [2.75, 3.05) is 6.61 Å². The van der Waals surface area contributed by atoms with Gasteiger partial charge in [-0.25, -0.2) is 0 Å². The molecule has 4 N–H and O–H groups in total. The van der Waals surface area contributed by atoms with Crippen LogP contribution in [0, 0.1) is 0 Å². The lowest BCUT2D eigenvalue weighted by molar-refractivity contribution is -0.784. The summed E-state index contributed by atoms with van der Waals surface area (Å²) in [6, 6.07) is 0. The Morgan fingerprint density at radius 3 is 2.87 bits per heavy atom. The van der Waals surface area contributed by atoms with Crippen LogP contribution in [0.4, 0.5) is 0 Å². The van der Waals surface area contributed by atoms with Gasteiger partial charge in [-0.3, -0.25) is 14.3 Å². The highest BCUT2D eigenvalue weighted by molar-refractivity contribution is 5.74. The van der Waals surface area contributed by atoms with Crippen LogP contribution in [0.15, 0.2) is 17.4 Å². The van der Waals surface area contributed by atoms with Gasteiger partial charge in [0.05, 0.1) is 13.7 Å². The zero-order valence-electron chi connectivity index (χ0n) is 11.9. The van der Waals surface area contributed by atoms with E-state index in [1.54, 1.807) is 0 Å². The van der Waals surface area contributed by atoms with Crippen LogP contribution in [0.25, 0.3) is 11.2 Å². The number of aliphatic hydroxyl groups excluding tert-OH is 3. The van der Waals surface area contributed by atoms with Gasteiger partial charge >= 0.3 is 5.65 Å². The normalized spacial score (nSPS) is 30.9. The molecule has 23 heavy (non-hydrogen) atoms. The number of carboxylic acid groups (broad SMARTS) is 1. The second kappa shape index (κ2) is 5.09. The summed E-state index contributed by atoms with van der Waals surface area (Å²) in [7, 11) is 1.47. The number of H-pyrrole nitrogens is 1. The highest BCUT2D eigenvalue weighted by Gasteiger charge is 2.60. The molecule has 1 saturated heterocycles. The Morgan fingerprint density at radius 2 is 2.30 bits per heavy atom. The Balaban J connectivity index is 2.32. The molecule has 11 nitrogen and oxygen atoms in total. The summed E-state index contributed by atoms with van der Waals surface area (Å²) in [4.78, 5) is 29.9. The average molecular weight is 326 g/mol. The number of carbonyl (C=O) groups excluding carboxylic acids is 1. The topological polar surface area (TPSA) is 165 Å². The van der Waals surface area contributed by atoms with E-state index in [1.807, 2.05) is 0 Å². The predicted octanol–water partition coefficient (Wildman–Crippen LogP) is -4.94. The van der Waals surface area contributed by atoms with Gasteiger partial charge in [-0.2, -0.15) is 4.57 Å². The van der Waals surface area contributed by atoms with Crippen molar-refractivity contribution in [3.63, 3.8) is 0 Å². The molecule has 0 aliphatic carbocycles. The van der Waals surface area contributed by atoms with Crippen molar-refractivity contribution in [1.82, 2.24) is 14.5 Å².